The van der Waals surface area contributed by atoms with E-state index in [-0.39, 0.29) is 51.4 Å². The molecule has 0 radical (unpaired) electrons. The predicted molar refractivity (Wildman–Crippen MR) is 67.0 cm³/mol. The number of halogens is 4. The summed E-state index contributed by atoms with van der Waals surface area (Å²) in [6.07, 6.45) is 0. The first-order valence-corrected chi connectivity index (χ1v) is 6.58. The molecule has 0 heterocycles. The molecule has 6 N–H and O–H groups in total. The van der Waals surface area contributed by atoms with Gasteiger partial charge >= 0.3 is 99.4 Å². The first-order chi connectivity index (χ1) is 12.6. The smallest absolute Gasteiger partial charge is 0.756 e. The molecule has 0 fully saturated rings. The van der Waals surface area contributed by atoms with Crippen molar-refractivity contribution in [2.24, 2.45) is 0 Å². The van der Waals surface area contributed by atoms with Crippen LogP contribution in [0.1, 0.15) is 0 Å². The zero-order valence-electron chi connectivity index (χ0n) is 13.7. The van der Waals surface area contributed by atoms with E-state index in [1.165, 1.54) is 0 Å². The predicted octanol–water partition coefficient (Wildman–Crippen LogP) is -6.29. The number of rotatable bonds is 4. The van der Waals surface area contributed by atoms with Crippen molar-refractivity contribution in [3.63, 3.8) is 0 Å². The number of carbonyl (C=O) groups is 8. The standard InChI is InChI=1S/4C2HFO3.K.H3O4P/c4*3-1(4)2(5)6;;1-5(2,3)4/h4*(H,5,6);;(H3,1,2,3,4)/q;;;;+1;/p-1. The molecule has 0 aliphatic heterocycles. The maximum absolute atomic E-state index is 10.6. The molecule has 0 aliphatic carbocycles. The van der Waals surface area contributed by atoms with Crippen LogP contribution in [0.25, 0.3) is 0 Å². The first kappa shape index (κ1) is 42.2. The van der Waals surface area contributed by atoms with Gasteiger partial charge in [-0.1, -0.05) is 0 Å². The molecule has 30 heavy (non-hydrogen) atoms. The molecule has 0 amide bonds. The third-order valence-electron chi connectivity index (χ3n) is 0.673. The molecule has 0 unspecified atom stereocenters. The molecular weight excluding hydrogens is 498 g/mol. The summed E-state index contributed by atoms with van der Waals surface area (Å²) in [6.45, 7) is 0. The van der Waals surface area contributed by atoms with Crippen molar-refractivity contribution in [2.45, 2.75) is 0 Å². The van der Waals surface area contributed by atoms with Crippen LogP contribution in [-0.2, 0) is 42.9 Å². The fraction of sp³-hybridized carbons (Fsp3) is 0. The van der Waals surface area contributed by atoms with Gasteiger partial charge in [-0.05, 0) is 0 Å². The Labute approximate surface area is 201 Å². The summed E-state index contributed by atoms with van der Waals surface area (Å²) in [5, 5.41) is 29.1. The first-order valence-electron chi connectivity index (χ1n) is 5.05. The second-order valence-corrected chi connectivity index (χ2v) is 3.79. The fourth-order valence-corrected chi connectivity index (χ4v) is 0. The topological polar surface area (TPSA) is 298 Å². The molecule has 0 saturated heterocycles. The van der Waals surface area contributed by atoms with E-state index >= 15 is 0 Å². The molecule has 0 saturated carbocycles. The van der Waals surface area contributed by atoms with Crippen molar-refractivity contribution in [2.75, 3.05) is 0 Å². The summed E-state index contributed by atoms with van der Waals surface area (Å²) in [5.74, 6) is -8.19. The minimum atomic E-state index is -4.89. The van der Waals surface area contributed by atoms with Crippen molar-refractivity contribution >= 4 is 55.8 Å². The van der Waals surface area contributed by atoms with Gasteiger partial charge in [0, 0.05) is 0 Å². The summed E-state index contributed by atoms with van der Waals surface area (Å²) in [4.78, 5) is 94.3. The summed E-state index contributed by atoms with van der Waals surface area (Å²) in [7, 11) is -4.89. The fourth-order valence-electron chi connectivity index (χ4n) is 0. The van der Waals surface area contributed by atoms with Crippen LogP contribution in [0.2, 0.25) is 0 Å². The van der Waals surface area contributed by atoms with Crippen LogP contribution in [0.4, 0.5) is 17.6 Å². The largest absolute Gasteiger partial charge is 1.00 e. The van der Waals surface area contributed by atoms with Gasteiger partial charge in [0.05, 0.1) is 0 Å². The van der Waals surface area contributed by atoms with Gasteiger partial charge in [-0.3, -0.25) is 4.57 Å². The summed E-state index contributed by atoms with van der Waals surface area (Å²) >= 11 is 0. The van der Waals surface area contributed by atoms with E-state index in [2.05, 4.69) is 0 Å². The van der Waals surface area contributed by atoms with E-state index in [0.717, 1.165) is 0 Å². The van der Waals surface area contributed by atoms with Gasteiger partial charge in [0.25, 0.3) is 7.82 Å². The molecule has 0 atom stereocenters. The SMILES string of the molecule is O=C(O)C(=O)F.O=C(O)C(=O)F.O=C(O)C(=O)F.O=C(O)C(=O)F.O=P([O-])(O)O.[K+]. The molecular formula is C8H6F4KO16P. The van der Waals surface area contributed by atoms with Gasteiger partial charge < -0.3 is 35.1 Å². The maximum atomic E-state index is 10.6. The molecule has 0 aromatic rings. The normalized spacial score (nSPS) is 7.97. The van der Waals surface area contributed by atoms with Crippen molar-refractivity contribution < 1.29 is 147 Å². The molecule has 0 rings (SSSR count). The van der Waals surface area contributed by atoms with Gasteiger partial charge in [0.2, 0.25) is 0 Å². The van der Waals surface area contributed by atoms with Crippen molar-refractivity contribution in [3.05, 3.63) is 0 Å². The molecule has 22 heteroatoms. The average Bonchev–Trinajstić information content (AvgIpc) is 2.46. The maximum Gasteiger partial charge on any atom is 1.00 e. The van der Waals surface area contributed by atoms with Gasteiger partial charge in [0.15, 0.2) is 0 Å². The second kappa shape index (κ2) is 23.3. The van der Waals surface area contributed by atoms with Crippen LogP contribution in [0.5, 0.6) is 0 Å². The van der Waals surface area contributed by atoms with Crippen LogP contribution in [0.3, 0.4) is 0 Å². The van der Waals surface area contributed by atoms with Gasteiger partial charge in [-0.2, -0.15) is 17.6 Å². The zero-order chi connectivity index (χ0) is 25.1. The number of hydrogen-bond donors (Lipinski definition) is 6. The van der Waals surface area contributed by atoms with E-state index < -0.39 is 55.8 Å². The Balaban J connectivity index is -0.0000000596. The Morgan fingerprint density at radius 2 is 0.567 bits per heavy atom. The third kappa shape index (κ3) is 82.9. The van der Waals surface area contributed by atoms with Crippen LogP contribution in [0.15, 0.2) is 0 Å². The number of carboxylic acids is 4. The van der Waals surface area contributed by atoms with Crippen LogP contribution >= 0.6 is 7.82 Å². The van der Waals surface area contributed by atoms with Crippen LogP contribution < -0.4 is 56.3 Å². The number of carboxylic acid groups (broad SMARTS) is 4. The van der Waals surface area contributed by atoms with E-state index in [4.69, 9.17) is 78.0 Å². The Morgan fingerprint density at radius 1 is 0.533 bits per heavy atom. The molecule has 0 aliphatic rings. The Hall–Kier alpha value is -1.97. The molecule has 168 valence electrons. The molecule has 0 spiro atoms. The van der Waals surface area contributed by atoms with Crippen LogP contribution in [-0.4, -0.2) is 78.2 Å². The van der Waals surface area contributed by atoms with Crippen molar-refractivity contribution in [3.8, 4) is 0 Å². The van der Waals surface area contributed by atoms with E-state index in [1.54, 1.807) is 0 Å². The minimum Gasteiger partial charge on any atom is -0.756 e. The molecule has 0 aromatic carbocycles. The van der Waals surface area contributed by atoms with Gasteiger partial charge in [0.1, 0.15) is 0 Å². The monoisotopic (exact) mass is 504 g/mol. The second-order valence-electron chi connectivity index (χ2n) is 2.81. The Morgan fingerprint density at radius 3 is 0.567 bits per heavy atom. The zero-order valence-corrected chi connectivity index (χ0v) is 17.7. The number of carbonyl (C=O) groups excluding carboxylic acids is 4. The number of hydrogen-bond acceptors (Lipinski definition) is 10. The summed E-state index contributed by atoms with van der Waals surface area (Å²) in [5.41, 5.74) is 0. The third-order valence-corrected chi connectivity index (χ3v) is 0.673. The van der Waals surface area contributed by atoms with E-state index in [0.29, 0.717) is 0 Å². The van der Waals surface area contributed by atoms with Crippen molar-refractivity contribution in [1.82, 2.24) is 0 Å². The Kier molecular flexibility index (Phi) is 32.8. The van der Waals surface area contributed by atoms with E-state index in [9.17, 15) is 17.6 Å². The summed E-state index contributed by atoms with van der Waals surface area (Å²) < 4.78 is 51.1. The number of phosphoric acid groups is 1. The quantitative estimate of drug-likeness (QED) is 0.0682. The molecule has 0 bridgehead atoms. The number of aliphatic carboxylic acids is 4. The van der Waals surface area contributed by atoms with Gasteiger partial charge in [-0.15, -0.1) is 0 Å². The van der Waals surface area contributed by atoms with Gasteiger partial charge in [-0.25, -0.2) is 38.4 Å². The average molecular weight is 504 g/mol. The van der Waals surface area contributed by atoms with E-state index in [1.807, 2.05) is 0 Å². The Bertz CT molecular complexity index is 534. The molecule has 16 nitrogen and oxygen atoms in total. The van der Waals surface area contributed by atoms with Crippen molar-refractivity contribution in [1.29, 1.82) is 0 Å². The minimum absolute atomic E-state index is 0. The van der Waals surface area contributed by atoms with Crippen LogP contribution in [0, 0.1) is 0 Å². The molecule has 0 aromatic heterocycles. The summed E-state index contributed by atoms with van der Waals surface area (Å²) in [6, 6.07) is -9.30.